The number of aromatic amines is 1. The van der Waals surface area contributed by atoms with Crippen molar-refractivity contribution in [1.29, 1.82) is 0 Å². The molecule has 8 nitrogen and oxygen atoms in total. The number of nitrogens with zero attached hydrogens (tertiary/aromatic N) is 2. The van der Waals surface area contributed by atoms with Crippen molar-refractivity contribution in [1.82, 2.24) is 9.55 Å². The Labute approximate surface area is 173 Å². The van der Waals surface area contributed by atoms with Gasteiger partial charge < -0.3 is 15.4 Å². The number of methoxy groups -OCH3 is 1. The van der Waals surface area contributed by atoms with Crippen LogP contribution >= 0.6 is 11.6 Å². The van der Waals surface area contributed by atoms with E-state index in [2.05, 4.69) is 4.98 Å². The summed E-state index contributed by atoms with van der Waals surface area (Å²) >= 11 is 6.27. The molecule has 0 radical (unpaired) electrons. The average Bonchev–Trinajstić information content (AvgIpc) is 3.48. The minimum atomic E-state index is -0.681. The number of halogens is 1. The van der Waals surface area contributed by atoms with E-state index in [1.54, 1.807) is 6.07 Å². The summed E-state index contributed by atoms with van der Waals surface area (Å²) in [6.45, 7) is 2.61. The number of hydrogen-bond donors (Lipinski definition) is 2. The van der Waals surface area contributed by atoms with Crippen LogP contribution in [0.3, 0.4) is 0 Å². The molecule has 1 fully saturated rings. The highest BCUT2D eigenvalue weighted by atomic mass is 35.5. The first-order chi connectivity index (χ1) is 13.9. The molecular formula is C20H25ClN4O4. The van der Waals surface area contributed by atoms with Gasteiger partial charge in [-0.2, -0.15) is 0 Å². The lowest BCUT2D eigenvalue weighted by atomic mass is 10.1. The van der Waals surface area contributed by atoms with Crippen LogP contribution in [0.1, 0.15) is 31.2 Å². The van der Waals surface area contributed by atoms with Crippen LogP contribution in [0.2, 0.25) is 5.02 Å². The van der Waals surface area contributed by atoms with Crippen molar-refractivity contribution in [2.24, 2.45) is 5.92 Å². The van der Waals surface area contributed by atoms with Crippen LogP contribution in [0.5, 0.6) is 0 Å². The molecule has 1 heterocycles. The van der Waals surface area contributed by atoms with Crippen LogP contribution < -0.4 is 21.9 Å². The topological polar surface area (TPSA) is 110 Å². The van der Waals surface area contributed by atoms with E-state index in [0.29, 0.717) is 24.4 Å². The molecule has 9 heteroatoms. The van der Waals surface area contributed by atoms with Gasteiger partial charge in [0.15, 0.2) is 5.69 Å². The van der Waals surface area contributed by atoms with Crippen molar-refractivity contribution in [3.05, 3.63) is 55.7 Å². The summed E-state index contributed by atoms with van der Waals surface area (Å²) in [4.78, 5) is 41.6. The van der Waals surface area contributed by atoms with Gasteiger partial charge in [-0.15, -0.1) is 0 Å². The monoisotopic (exact) mass is 420 g/mol. The molecule has 29 heavy (non-hydrogen) atoms. The largest absolute Gasteiger partial charge is 0.383 e. The molecule has 1 saturated carbocycles. The number of rotatable bonds is 8. The summed E-state index contributed by atoms with van der Waals surface area (Å²) in [5.74, 6) is -0.564. The number of nitrogens with two attached hydrogens (primary N) is 1. The lowest BCUT2D eigenvalue weighted by molar-refractivity contribution is -0.120. The molecule has 0 bridgehead atoms. The maximum absolute atomic E-state index is 13.3. The zero-order valence-electron chi connectivity index (χ0n) is 16.5. The number of amides is 1. The molecule has 156 valence electrons. The van der Waals surface area contributed by atoms with E-state index < -0.39 is 11.2 Å². The molecule has 1 aromatic heterocycles. The highest BCUT2D eigenvalue weighted by Gasteiger charge is 2.47. The SMILES string of the molecule is CCCn1c(N)c(N(CCOC)C(=O)C2CC2c2ccccc2Cl)c(=O)[nH]c1=O. The fraction of sp³-hybridized carbons (Fsp3) is 0.450. The Kier molecular flexibility index (Phi) is 6.44. The van der Waals surface area contributed by atoms with E-state index in [1.807, 2.05) is 25.1 Å². The Bertz CT molecular complexity index is 1020. The maximum atomic E-state index is 13.3. The molecule has 3 N–H and O–H groups in total. The molecule has 0 saturated heterocycles. The lowest BCUT2D eigenvalue weighted by Gasteiger charge is -2.24. The van der Waals surface area contributed by atoms with Gasteiger partial charge in [0.1, 0.15) is 5.82 Å². The second-order valence-electron chi connectivity index (χ2n) is 7.10. The van der Waals surface area contributed by atoms with Gasteiger partial charge in [-0.05, 0) is 30.4 Å². The van der Waals surface area contributed by atoms with Crippen LogP contribution in [0.4, 0.5) is 11.5 Å². The molecule has 3 rings (SSSR count). The molecule has 1 aliphatic carbocycles. The van der Waals surface area contributed by atoms with Crippen LogP contribution in [-0.2, 0) is 16.1 Å². The van der Waals surface area contributed by atoms with Crippen LogP contribution in [0.15, 0.2) is 33.9 Å². The van der Waals surface area contributed by atoms with Crippen molar-refractivity contribution >= 4 is 29.0 Å². The second kappa shape index (κ2) is 8.84. The number of nitrogens with one attached hydrogen (secondary N) is 1. The summed E-state index contributed by atoms with van der Waals surface area (Å²) in [6, 6.07) is 7.42. The van der Waals surface area contributed by atoms with E-state index in [1.165, 1.54) is 16.6 Å². The zero-order valence-corrected chi connectivity index (χ0v) is 17.2. The van der Waals surface area contributed by atoms with Gasteiger partial charge in [0.05, 0.1) is 6.61 Å². The van der Waals surface area contributed by atoms with Gasteiger partial charge in [-0.25, -0.2) is 4.79 Å². The Morgan fingerprint density at radius 1 is 1.38 bits per heavy atom. The quantitative estimate of drug-likeness (QED) is 0.678. The number of H-pyrrole nitrogens is 1. The van der Waals surface area contributed by atoms with Gasteiger partial charge >= 0.3 is 5.69 Å². The first-order valence-corrected chi connectivity index (χ1v) is 9.95. The average molecular weight is 421 g/mol. The van der Waals surface area contributed by atoms with E-state index in [0.717, 1.165) is 5.56 Å². The first-order valence-electron chi connectivity index (χ1n) is 9.58. The summed E-state index contributed by atoms with van der Waals surface area (Å²) in [7, 11) is 1.51. The van der Waals surface area contributed by atoms with Gasteiger partial charge in [0, 0.05) is 31.1 Å². The highest BCUT2D eigenvalue weighted by Crippen LogP contribution is 2.50. The van der Waals surface area contributed by atoms with E-state index >= 15 is 0 Å². The molecule has 1 amide bonds. The number of hydrogen-bond acceptors (Lipinski definition) is 5. The molecule has 1 aromatic carbocycles. The number of nitrogen functional groups attached to an aromatic ring is 1. The lowest BCUT2D eigenvalue weighted by Crippen LogP contribution is -2.43. The Morgan fingerprint density at radius 3 is 2.76 bits per heavy atom. The van der Waals surface area contributed by atoms with E-state index in [9.17, 15) is 14.4 Å². The van der Waals surface area contributed by atoms with Gasteiger partial charge in [-0.1, -0.05) is 36.7 Å². The van der Waals surface area contributed by atoms with Crippen molar-refractivity contribution in [3.63, 3.8) is 0 Å². The first kappa shape index (κ1) is 21.1. The van der Waals surface area contributed by atoms with Crippen LogP contribution in [0.25, 0.3) is 0 Å². The van der Waals surface area contributed by atoms with E-state index in [4.69, 9.17) is 22.1 Å². The standard InChI is InChI=1S/C20H25ClN4O4/c1-3-8-25-17(22)16(18(26)23-20(25)28)24(9-10-29-2)19(27)14-11-13(14)12-6-4-5-7-15(12)21/h4-7,13-14H,3,8-11,22H2,1-2H3,(H,23,26,28). The van der Waals surface area contributed by atoms with Gasteiger partial charge in [0.2, 0.25) is 5.91 Å². The second-order valence-corrected chi connectivity index (χ2v) is 7.50. The Balaban J connectivity index is 1.97. The number of benzene rings is 1. The fourth-order valence-corrected chi connectivity index (χ4v) is 3.86. The predicted octanol–water partition coefficient (Wildman–Crippen LogP) is 1.97. The van der Waals surface area contributed by atoms with Crippen molar-refractivity contribution in [2.75, 3.05) is 30.9 Å². The van der Waals surface area contributed by atoms with Gasteiger partial charge in [-0.3, -0.25) is 19.1 Å². The van der Waals surface area contributed by atoms with Crippen molar-refractivity contribution < 1.29 is 9.53 Å². The minimum absolute atomic E-state index is 0.00934. The summed E-state index contributed by atoms with van der Waals surface area (Å²) < 4.78 is 6.40. The number of carbonyl (C=O) groups is 1. The Morgan fingerprint density at radius 2 is 2.10 bits per heavy atom. The third-order valence-corrected chi connectivity index (χ3v) is 5.47. The van der Waals surface area contributed by atoms with Crippen molar-refractivity contribution in [3.8, 4) is 0 Å². The fourth-order valence-electron chi connectivity index (χ4n) is 3.59. The number of carbonyl (C=O) groups excluding carboxylic acids is 1. The number of ether oxygens (including phenoxy) is 1. The third-order valence-electron chi connectivity index (χ3n) is 5.13. The van der Waals surface area contributed by atoms with Crippen LogP contribution in [-0.4, -0.2) is 35.7 Å². The zero-order chi connectivity index (χ0) is 21.1. The van der Waals surface area contributed by atoms with Crippen molar-refractivity contribution in [2.45, 2.75) is 32.2 Å². The van der Waals surface area contributed by atoms with E-state index in [-0.39, 0.29) is 42.4 Å². The number of anilines is 2. The molecule has 0 spiro atoms. The summed E-state index contributed by atoms with van der Waals surface area (Å²) in [6.07, 6.45) is 1.29. The molecule has 2 atom stereocenters. The smallest absolute Gasteiger partial charge is 0.330 e. The molecule has 2 aromatic rings. The minimum Gasteiger partial charge on any atom is -0.383 e. The maximum Gasteiger partial charge on any atom is 0.330 e. The van der Waals surface area contributed by atoms with Gasteiger partial charge in [0.25, 0.3) is 5.56 Å². The predicted molar refractivity (Wildman–Crippen MR) is 113 cm³/mol. The summed E-state index contributed by atoms with van der Waals surface area (Å²) in [5, 5.41) is 0.616. The highest BCUT2D eigenvalue weighted by molar-refractivity contribution is 6.31. The molecular weight excluding hydrogens is 396 g/mol. The normalized spacial score (nSPS) is 17.9. The third kappa shape index (κ3) is 4.23. The molecule has 1 aliphatic rings. The van der Waals surface area contributed by atoms with Crippen LogP contribution in [0, 0.1) is 5.92 Å². The Hall–Kier alpha value is -2.58. The summed E-state index contributed by atoms with van der Waals surface area (Å²) in [5.41, 5.74) is 5.80. The molecule has 2 unspecified atom stereocenters. The number of aromatic nitrogens is 2. The molecule has 0 aliphatic heterocycles.